The van der Waals surface area contributed by atoms with Gasteiger partial charge in [0, 0.05) is 32.9 Å². The Bertz CT molecular complexity index is 843. The number of anilines is 1. The number of alkyl halides is 3. The third-order valence-electron chi connectivity index (χ3n) is 5.10. The molecular weight excluding hydrogens is 534 g/mol. The molecule has 7 nitrogen and oxygen atoms in total. The second-order valence-corrected chi connectivity index (χ2v) is 7.24. The predicted molar refractivity (Wildman–Crippen MR) is 130 cm³/mol. The first-order valence-electron chi connectivity index (χ1n) is 10.3. The van der Waals surface area contributed by atoms with E-state index in [0.717, 1.165) is 25.4 Å². The third kappa shape index (κ3) is 7.76. The molecule has 0 saturated carbocycles. The van der Waals surface area contributed by atoms with E-state index in [2.05, 4.69) is 47.9 Å². The fourth-order valence-corrected chi connectivity index (χ4v) is 3.56. The first kappa shape index (κ1) is 26.1. The summed E-state index contributed by atoms with van der Waals surface area (Å²) in [5.74, 6) is 0.574. The minimum Gasteiger partial charge on any atom is -0.355 e. The van der Waals surface area contributed by atoms with E-state index in [0.29, 0.717) is 25.6 Å². The van der Waals surface area contributed by atoms with E-state index in [9.17, 15) is 13.2 Å². The van der Waals surface area contributed by atoms with Gasteiger partial charge < -0.3 is 16.0 Å². The molecule has 11 heteroatoms. The molecule has 3 rings (SSSR count). The Balaban J connectivity index is 0.00000363. The number of hydrogen-bond acceptors (Lipinski definition) is 5. The monoisotopic (exact) mass is 563 g/mol. The van der Waals surface area contributed by atoms with Crippen LogP contribution in [-0.4, -0.2) is 60.6 Å². The fraction of sp³-hybridized carbons (Fsp3) is 0.476. The van der Waals surface area contributed by atoms with Crippen LogP contribution in [0, 0.1) is 0 Å². The van der Waals surface area contributed by atoms with Crippen molar-refractivity contribution >= 4 is 35.9 Å². The summed E-state index contributed by atoms with van der Waals surface area (Å²) in [5, 5.41) is 9.32. The van der Waals surface area contributed by atoms with Crippen LogP contribution >= 0.6 is 24.0 Å². The summed E-state index contributed by atoms with van der Waals surface area (Å²) in [4.78, 5) is 14.0. The van der Waals surface area contributed by atoms with Crippen LogP contribution in [-0.2, 0) is 6.18 Å². The lowest BCUT2D eigenvalue weighted by Gasteiger charge is -2.29. The maximum absolute atomic E-state index is 12.7. The Morgan fingerprint density at radius 3 is 2.47 bits per heavy atom. The van der Waals surface area contributed by atoms with Crippen molar-refractivity contribution < 1.29 is 13.2 Å². The smallest absolute Gasteiger partial charge is 0.355 e. The van der Waals surface area contributed by atoms with Gasteiger partial charge in [-0.15, -0.1) is 24.0 Å². The van der Waals surface area contributed by atoms with Crippen molar-refractivity contribution in [3.05, 3.63) is 53.9 Å². The molecule has 1 atom stereocenters. The van der Waals surface area contributed by atoms with Gasteiger partial charge in [-0.2, -0.15) is 13.2 Å². The van der Waals surface area contributed by atoms with Crippen molar-refractivity contribution in [2.24, 2.45) is 4.99 Å². The second kappa shape index (κ2) is 12.8. The standard InChI is InChI=1S/C21H28F3N7.HI/c1-25-19(27-11-12-28-20-26-10-9-18(30-20)21(22,23)24)29-15-17(31-13-5-6-14-31)16-7-3-2-4-8-16;/h2-4,7-10,17H,5-6,11-15H2,1H3,(H2,25,27,29)(H,26,28,30);1H. The van der Waals surface area contributed by atoms with E-state index < -0.39 is 11.9 Å². The van der Waals surface area contributed by atoms with Gasteiger partial charge in [0.1, 0.15) is 5.69 Å². The van der Waals surface area contributed by atoms with Crippen LogP contribution in [0.15, 0.2) is 47.6 Å². The third-order valence-corrected chi connectivity index (χ3v) is 5.10. The molecule has 0 aliphatic carbocycles. The molecule has 1 unspecified atom stereocenters. The molecule has 0 bridgehead atoms. The second-order valence-electron chi connectivity index (χ2n) is 7.24. The summed E-state index contributed by atoms with van der Waals surface area (Å²) >= 11 is 0. The van der Waals surface area contributed by atoms with E-state index in [1.54, 1.807) is 7.05 Å². The summed E-state index contributed by atoms with van der Waals surface area (Å²) in [5.41, 5.74) is 0.292. The lowest BCUT2D eigenvalue weighted by atomic mass is 10.1. The highest BCUT2D eigenvalue weighted by Crippen LogP contribution is 2.27. The lowest BCUT2D eigenvalue weighted by molar-refractivity contribution is -0.141. The molecule has 1 fully saturated rings. The van der Waals surface area contributed by atoms with Crippen LogP contribution in [0.3, 0.4) is 0 Å². The van der Waals surface area contributed by atoms with Gasteiger partial charge in [-0.1, -0.05) is 30.3 Å². The molecule has 3 N–H and O–H groups in total. The fourth-order valence-electron chi connectivity index (χ4n) is 3.56. The Morgan fingerprint density at radius 2 is 1.81 bits per heavy atom. The molecule has 1 aliphatic heterocycles. The first-order chi connectivity index (χ1) is 15.0. The van der Waals surface area contributed by atoms with Gasteiger partial charge in [-0.3, -0.25) is 9.89 Å². The van der Waals surface area contributed by atoms with Gasteiger partial charge in [0.05, 0.1) is 6.04 Å². The first-order valence-corrected chi connectivity index (χ1v) is 10.3. The van der Waals surface area contributed by atoms with Gasteiger partial charge in [0.15, 0.2) is 5.96 Å². The zero-order valence-corrected chi connectivity index (χ0v) is 20.2. The number of nitrogens with zero attached hydrogens (tertiary/aromatic N) is 4. The van der Waals surface area contributed by atoms with Crippen molar-refractivity contribution in [3.63, 3.8) is 0 Å². The Hall–Kier alpha value is -2.15. The number of aliphatic imine (C=N–C) groups is 1. The molecule has 0 amide bonds. The van der Waals surface area contributed by atoms with E-state index in [4.69, 9.17) is 0 Å². The van der Waals surface area contributed by atoms with Crippen LogP contribution in [0.25, 0.3) is 0 Å². The van der Waals surface area contributed by atoms with Crippen molar-refractivity contribution in [1.29, 1.82) is 0 Å². The lowest BCUT2D eigenvalue weighted by Crippen LogP contribution is -2.43. The van der Waals surface area contributed by atoms with Crippen LogP contribution in [0.1, 0.15) is 30.1 Å². The number of aromatic nitrogens is 2. The molecule has 1 aromatic heterocycles. The molecule has 2 aromatic rings. The largest absolute Gasteiger partial charge is 0.433 e. The van der Waals surface area contributed by atoms with E-state index in [1.165, 1.54) is 18.4 Å². The average molecular weight is 563 g/mol. The maximum Gasteiger partial charge on any atom is 0.433 e. The van der Waals surface area contributed by atoms with Crippen LogP contribution in [0.2, 0.25) is 0 Å². The Labute approximate surface area is 203 Å². The van der Waals surface area contributed by atoms with E-state index in [-0.39, 0.29) is 36.0 Å². The molecule has 1 aromatic carbocycles. The van der Waals surface area contributed by atoms with E-state index in [1.807, 2.05) is 18.2 Å². The van der Waals surface area contributed by atoms with Crippen molar-refractivity contribution in [3.8, 4) is 0 Å². The van der Waals surface area contributed by atoms with Crippen molar-refractivity contribution in [1.82, 2.24) is 25.5 Å². The summed E-state index contributed by atoms with van der Waals surface area (Å²) in [6.07, 6.45) is -0.985. The predicted octanol–water partition coefficient (Wildman–Crippen LogP) is 3.53. The number of guanidine groups is 1. The van der Waals surface area contributed by atoms with Crippen LogP contribution < -0.4 is 16.0 Å². The molecule has 1 aliphatic rings. The Morgan fingerprint density at radius 1 is 1.09 bits per heavy atom. The molecule has 32 heavy (non-hydrogen) atoms. The van der Waals surface area contributed by atoms with Crippen molar-refractivity contribution in [2.75, 3.05) is 45.1 Å². The van der Waals surface area contributed by atoms with Crippen molar-refractivity contribution in [2.45, 2.75) is 25.1 Å². The number of benzene rings is 1. The molecule has 0 radical (unpaired) electrons. The topological polar surface area (TPSA) is 77.5 Å². The number of rotatable bonds is 8. The maximum atomic E-state index is 12.7. The van der Waals surface area contributed by atoms with Gasteiger partial charge in [0.2, 0.25) is 5.95 Å². The van der Waals surface area contributed by atoms with Gasteiger partial charge in [0.25, 0.3) is 0 Å². The zero-order chi connectivity index (χ0) is 22.1. The quantitative estimate of drug-likeness (QED) is 0.198. The Kier molecular flexibility index (Phi) is 10.4. The molecule has 2 heterocycles. The molecule has 1 saturated heterocycles. The molecule has 0 spiro atoms. The number of hydrogen-bond donors (Lipinski definition) is 3. The number of likely N-dealkylation sites (tertiary alicyclic amines) is 1. The summed E-state index contributed by atoms with van der Waals surface area (Å²) < 4.78 is 38.2. The average Bonchev–Trinajstić information content (AvgIpc) is 3.30. The van der Waals surface area contributed by atoms with Crippen LogP contribution in [0.5, 0.6) is 0 Å². The minimum absolute atomic E-state index is 0. The summed E-state index contributed by atoms with van der Waals surface area (Å²) in [7, 11) is 1.69. The summed E-state index contributed by atoms with van der Waals surface area (Å²) in [6.45, 7) is 3.64. The highest BCUT2D eigenvalue weighted by molar-refractivity contribution is 14.0. The van der Waals surface area contributed by atoms with Crippen LogP contribution in [0.4, 0.5) is 19.1 Å². The highest BCUT2D eigenvalue weighted by atomic mass is 127. The summed E-state index contributed by atoms with van der Waals surface area (Å²) in [6, 6.07) is 11.5. The zero-order valence-electron chi connectivity index (χ0n) is 17.9. The SMILES string of the molecule is CN=C(NCCNc1nccc(C(F)(F)F)n1)NCC(c1ccccc1)N1CCCC1.I. The molecular formula is C21H29F3IN7. The number of nitrogens with one attached hydrogen (secondary N) is 3. The highest BCUT2D eigenvalue weighted by Gasteiger charge is 2.32. The number of halogens is 4. The normalized spacial score (nSPS) is 15.7. The van der Waals surface area contributed by atoms with Gasteiger partial charge in [-0.05, 0) is 37.6 Å². The minimum atomic E-state index is -4.49. The molecule has 176 valence electrons. The van der Waals surface area contributed by atoms with E-state index >= 15 is 0 Å². The van der Waals surface area contributed by atoms with Gasteiger partial charge >= 0.3 is 6.18 Å². The van der Waals surface area contributed by atoms with Gasteiger partial charge in [-0.25, -0.2) is 9.97 Å².